The molecule has 0 fully saturated rings. The maximum atomic E-state index is 13.3. The summed E-state index contributed by atoms with van der Waals surface area (Å²) in [5.74, 6) is 0.368. The molecule has 3 aromatic rings. The van der Waals surface area contributed by atoms with E-state index >= 15 is 0 Å². The van der Waals surface area contributed by atoms with E-state index in [2.05, 4.69) is 10.7 Å². The number of nitrogens with zero attached hydrogens (tertiary/aromatic N) is 1. The quantitative estimate of drug-likeness (QED) is 0.579. The number of benzene rings is 2. The SMILES string of the molecule is COc1cc(C(=O)NN2C(=O)c3cc(Cl)ccc3NC2c2ccco2)cc(OC)c1OC. The molecule has 0 spiro atoms. The van der Waals surface area contributed by atoms with Crippen molar-refractivity contribution in [3.8, 4) is 17.2 Å². The van der Waals surface area contributed by atoms with E-state index in [1.54, 1.807) is 24.3 Å². The van der Waals surface area contributed by atoms with Gasteiger partial charge in [-0.15, -0.1) is 0 Å². The van der Waals surface area contributed by atoms with Gasteiger partial charge in [0.15, 0.2) is 17.7 Å². The maximum absolute atomic E-state index is 13.3. The first-order valence-electron chi connectivity index (χ1n) is 9.51. The van der Waals surface area contributed by atoms with Crippen molar-refractivity contribution in [1.29, 1.82) is 0 Å². The number of rotatable bonds is 6. The molecule has 166 valence electrons. The summed E-state index contributed by atoms with van der Waals surface area (Å²) in [6.45, 7) is 0. The molecule has 2 aromatic carbocycles. The number of hydrazine groups is 1. The van der Waals surface area contributed by atoms with E-state index in [4.69, 9.17) is 30.2 Å². The molecule has 0 saturated carbocycles. The van der Waals surface area contributed by atoms with Crippen molar-refractivity contribution in [2.24, 2.45) is 0 Å². The Morgan fingerprint density at radius 2 is 1.81 bits per heavy atom. The normalized spacial score (nSPS) is 14.9. The Labute approximate surface area is 188 Å². The highest BCUT2D eigenvalue weighted by Gasteiger charge is 2.36. The summed E-state index contributed by atoms with van der Waals surface area (Å²) in [5.41, 5.74) is 3.73. The minimum Gasteiger partial charge on any atom is -0.493 e. The molecule has 2 heterocycles. The lowest BCUT2D eigenvalue weighted by Crippen LogP contribution is -2.52. The van der Waals surface area contributed by atoms with Crippen LogP contribution >= 0.6 is 11.6 Å². The van der Waals surface area contributed by atoms with Crippen LogP contribution < -0.4 is 25.0 Å². The van der Waals surface area contributed by atoms with Crippen LogP contribution in [0.25, 0.3) is 0 Å². The van der Waals surface area contributed by atoms with Gasteiger partial charge in [0.25, 0.3) is 11.8 Å². The van der Waals surface area contributed by atoms with Gasteiger partial charge in [0.2, 0.25) is 5.75 Å². The van der Waals surface area contributed by atoms with Gasteiger partial charge in [-0.1, -0.05) is 11.6 Å². The zero-order chi connectivity index (χ0) is 22.8. The molecule has 1 aromatic heterocycles. The van der Waals surface area contributed by atoms with Crippen LogP contribution in [0.2, 0.25) is 5.02 Å². The van der Waals surface area contributed by atoms with Gasteiger partial charge in [-0.3, -0.25) is 15.0 Å². The largest absolute Gasteiger partial charge is 0.493 e. The van der Waals surface area contributed by atoms with Gasteiger partial charge in [-0.25, -0.2) is 5.01 Å². The molecule has 1 aliphatic heterocycles. The summed E-state index contributed by atoms with van der Waals surface area (Å²) in [6.07, 6.45) is 0.704. The lowest BCUT2D eigenvalue weighted by atomic mass is 10.1. The van der Waals surface area contributed by atoms with Crippen LogP contribution in [0.5, 0.6) is 17.2 Å². The van der Waals surface area contributed by atoms with Crippen molar-refractivity contribution >= 4 is 29.1 Å². The Balaban J connectivity index is 1.71. The number of hydrogen-bond donors (Lipinski definition) is 2. The molecule has 1 atom stereocenters. The van der Waals surface area contributed by atoms with Gasteiger partial charge in [0.05, 0.1) is 33.2 Å². The van der Waals surface area contributed by atoms with Crippen LogP contribution in [0.15, 0.2) is 53.1 Å². The zero-order valence-electron chi connectivity index (χ0n) is 17.5. The van der Waals surface area contributed by atoms with Gasteiger partial charge < -0.3 is 23.9 Å². The molecule has 0 aliphatic carbocycles. The predicted molar refractivity (Wildman–Crippen MR) is 116 cm³/mol. The van der Waals surface area contributed by atoms with Crippen molar-refractivity contribution in [3.05, 3.63) is 70.6 Å². The highest BCUT2D eigenvalue weighted by Crippen LogP contribution is 2.38. The summed E-state index contributed by atoms with van der Waals surface area (Å²) in [6, 6.07) is 11.3. The van der Waals surface area contributed by atoms with E-state index < -0.39 is 18.0 Å². The molecule has 0 saturated heterocycles. The Morgan fingerprint density at radius 3 is 2.41 bits per heavy atom. The lowest BCUT2D eigenvalue weighted by Gasteiger charge is -2.36. The molecule has 32 heavy (non-hydrogen) atoms. The molecule has 2 amide bonds. The highest BCUT2D eigenvalue weighted by atomic mass is 35.5. The van der Waals surface area contributed by atoms with Crippen LogP contribution in [0.3, 0.4) is 0 Å². The summed E-state index contributed by atoms with van der Waals surface area (Å²) >= 11 is 6.08. The number of furan rings is 1. The third-order valence-corrected chi connectivity index (χ3v) is 5.18. The van der Waals surface area contributed by atoms with Gasteiger partial charge >= 0.3 is 0 Å². The molecule has 9 nitrogen and oxygen atoms in total. The monoisotopic (exact) mass is 457 g/mol. The van der Waals surface area contributed by atoms with Crippen LogP contribution in [0.4, 0.5) is 5.69 Å². The smallest absolute Gasteiger partial charge is 0.276 e. The Bertz CT molecular complexity index is 1140. The van der Waals surface area contributed by atoms with Gasteiger partial charge in [0.1, 0.15) is 5.76 Å². The molecular formula is C22H20ClN3O6. The molecule has 0 radical (unpaired) electrons. The fourth-order valence-electron chi connectivity index (χ4n) is 3.42. The van der Waals surface area contributed by atoms with E-state index in [0.29, 0.717) is 39.3 Å². The first-order chi connectivity index (χ1) is 15.5. The van der Waals surface area contributed by atoms with Gasteiger partial charge in [-0.2, -0.15) is 0 Å². The molecule has 4 rings (SSSR count). The first-order valence-corrected chi connectivity index (χ1v) is 9.88. The zero-order valence-corrected chi connectivity index (χ0v) is 18.2. The van der Waals surface area contributed by atoms with Crippen LogP contribution in [-0.2, 0) is 0 Å². The van der Waals surface area contributed by atoms with E-state index in [1.807, 2.05) is 0 Å². The van der Waals surface area contributed by atoms with E-state index in [9.17, 15) is 9.59 Å². The predicted octanol–water partition coefficient (Wildman–Crippen LogP) is 3.87. The fraction of sp³-hybridized carbons (Fsp3) is 0.182. The standard InChI is InChI=1S/C22H20ClN3O6/c1-29-17-9-12(10-18(30-2)19(17)31-3)21(27)25-26-20(16-5-4-8-32-16)24-15-7-6-13(23)11-14(15)22(26)28/h4-11,20,24H,1-3H3,(H,25,27). The summed E-state index contributed by atoms with van der Waals surface area (Å²) in [4.78, 5) is 26.4. The molecule has 0 bridgehead atoms. The Morgan fingerprint density at radius 1 is 1.09 bits per heavy atom. The van der Waals surface area contributed by atoms with Crippen molar-refractivity contribution < 1.29 is 28.2 Å². The third-order valence-electron chi connectivity index (χ3n) is 4.94. The number of carbonyl (C=O) groups is 2. The summed E-state index contributed by atoms with van der Waals surface area (Å²) in [7, 11) is 4.37. The van der Waals surface area contributed by atoms with Crippen molar-refractivity contribution in [2.45, 2.75) is 6.17 Å². The van der Waals surface area contributed by atoms with Crippen LogP contribution in [0.1, 0.15) is 32.6 Å². The van der Waals surface area contributed by atoms with Crippen molar-refractivity contribution in [1.82, 2.24) is 10.4 Å². The Hall–Kier alpha value is -3.85. The first kappa shape index (κ1) is 21.4. The topological polar surface area (TPSA) is 102 Å². The molecule has 10 heteroatoms. The molecular weight excluding hydrogens is 438 g/mol. The van der Waals surface area contributed by atoms with E-state index in [1.165, 1.54) is 45.8 Å². The number of methoxy groups -OCH3 is 3. The third kappa shape index (κ3) is 3.78. The number of carbonyl (C=O) groups excluding carboxylic acids is 2. The maximum Gasteiger partial charge on any atom is 0.276 e. The second-order valence-corrected chi connectivity index (χ2v) is 7.22. The number of anilines is 1. The second kappa shape index (κ2) is 8.72. The van der Waals surface area contributed by atoms with Crippen LogP contribution in [0, 0.1) is 0 Å². The molecule has 1 unspecified atom stereocenters. The Kier molecular flexibility index (Phi) is 5.83. The van der Waals surface area contributed by atoms with Gasteiger partial charge in [0, 0.05) is 16.3 Å². The average molecular weight is 458 g/mol. The van der Waals surface area contributed by atoms with E-state index in [-0.39, 0.29) is 5.56 Å². The van der Waals surface area contributed by atoms with Gasteiger partial charge in [-0.05, 0) is 42.5 Å². The lowest BCUT2D eigenvalue weighted by molar-refractivity contribution is 0.0467. The fourth-order valence-corrected chi connectivity index (χ4v) is 3.60. The number of halogens is 1. The molecule has 1 aliphatic rings. The van der Waals surface area contributed by atoms with Crippen molar-refractivity contribution in [3.63, 3.8) is 0 Å². The summed E-state index contributed by atoms with van der Waals surface area (Å²) < 4.78 is 21.4. The van der Waals surface area contributed by atoms with Crippen LogP contribution in [-0.4, -0.2) is 38.2 Å². The second-order valence-electron chi connectivity index (χ2n) is 6.78. The molecule has 2 N–H and O–H groups in total. The minimum absolute atomic E-state index is 0.197. The number of fused-ring (bicyclic) bond motifs is 1. The number of nitrogens with one attached hydrogen (secondary N) is 2. The minimum atomic E-state index is -0.780. The number of amides is 2. The highest BCUT2D eigenvalue weighted by molar-refractivity contribution is 6.31. The number of ether oxygens (including phenoxy) is 3. The number of hydrogen-bond acceptors (Lipinski definition) is 7. The van der Waals surface area contributed by atoms with E-state index in [0.717, 1.165) is 5.01 Å². The van der Waals surface area contributed by atoms with Crippen molar-refractivity contribution in [2.75, 3.05) is 26.6 Å². The summed E-state index contributed by atoms with van der Waals surface area (Å²) in [5, 5.41) is 4.75. The average Bonchev–Trinajstić information content (AvgIpc) is 3.34.